The number of nitrogens with one attached hydrogen (secondary N) is 1. The fraction of sp³-hybridized carbons (Fsp3) is 0.481. The van der Waals surface area contributed by atoms with Crippen LogP contribution in [0.3, 0.4) is 0 Å². The molecule has 0 fully saturated rings. The molecule has 10 heteroatoms. The molecule has 0 heterocycles. The fourth-order valence-electron chi connectivity index (χ4n) is 3.77. The first-order valence-electron chi connectivity index (χ1n) is 12.3. The third-order valence-electron chi connectivity index (χ3n) is 5.52. The summed E-state index contributed by atoms with van der Waals surface area (Å²) in [4.78, 5) is 27.7. The number of amides is 2. The zero-order chi connectivity index (χ0) is 27.8. The van der Waals surface area contributed by atoms with Gasteiger partial charge in [0.15, 0.2) is 0 Å². The summed E-state index contributed by atoms with van der Waals surface area (Å²) < 4.78 is 45.4. The van der Waals surface area contributed by atoms with E-state index in [4.69, 9.17) is 4.74 Å². The molecule has 0 spiro atoms. The first kappa shape index (κ1) is 30.1. The lowest BCUT2D eigenvalue weighted by Crippen LogP contribution is -2.52. The molecule has 1 N–H and O–H groups in total. The maximum Gasteiger partial charge on any atom is 0.242 e. The van der Waals surface area contributed by atoms with Crippen LogP contribution in [-0.4, -0.2) is 56.1 Å². The number of carbonyl (C=O) groups is 2. The number of para-hydroxylation sites is 2. The molecule has 0 aliphatic rings. The zero-order valence-corrected chi connectivity index (χ0v) is 23.3. The number of hydrogen-bond acceptors (Lipinski definition) is 5. The van der Waals surface area contributed by atoms with Crippen LogP contribution in [0.5, 0.6) is 5.75 Å². The monoisotopic (exact) mass is 535 g/mol. The molecule has 2 rings (SSSR count). The number of anilines is 1. The summed E-state index contributed by atoms with van der Waals surface area (Å²) in [5.74, 6) is -0.584. The van der Waals surface area contributed by atoms with E-state index in [1.165, 1.54) is 21.3 Å². The van der Waals surface area contributed by atoms with Gasteiger partial charge in [0.2, 0.25) is 21.8 Å². The predicted molar refractivity (Wildman–Crippen MR) is 143 cm³/mol. The topological polar surface area (TPSA) is 96.0 Å². The molecular weight excluding hydrogens is 497 g/mol. The van der Waals surface area contributed by atoms with Crippen molar-refractivity contribution < 1.29 is 27.1 Å². The smallest absolute Gasteiger partial charge is 0.242 e. The van der Waals surface area contributed by atoms with Crippen molar-refractivity contribution >= 4 is 27.5 Å². The summed E-state index contributed by atoms with van der Waals surface area (Å²) in [6.07, 6.45) is 1.34. The highest BCUT2D eigenvalue weighted by Gasteiger charge is 2.29. The highest BCUT2D eigenvalue weighted by Crippen LogP contribution is 2.30. The molecule has 0 aliphatic heterocycles. The Labute approximate surface area is 219 Å². The predicted octanol–water partition coefficient (Wildman–Crippen LogP) is 4.10. The van der Waals surface area contributed by atoms with Gasteiger partial charge in [-0.2, -0.15) is 0 Å². The number of hydrogen-bond donors (Lipinski definition) is 1. The highest BCUT2D eigenvalue weighted by molar-refractivity contribution is 7.92. The van der Waals surface area contributed by atoms with Gasteiger partial charge in [0.05, 0.1) is 18.6 Å². The Morgan fingerprint density at radius 3 is 2.27 bits per heavy atom. The minimum atomic E-state index is -3.65. The van der Waals surface area contributed by atoms with Gasteiger partial charge in [0, 0.05) is 25.0 Å². The lowest BCUT2D eigenvalue weighted by Gasteiger charge is -2.32. The Bertz CT molecular complexity index is 1160. The Morgan fingerprint density at radius 2 is 1.70 bits per heavy atom. The van der Waals surface area contributed by atoms with E-state index < -0.39 is 27.4 Å². The maximum absolute atomic E-state index is 13.4. The van der Waals surface area contributed by atoms with Crippen LogP contribution >= 0.6 is 0 Å². The Hall–Kier alpha value is -3.14. The number of rotatable bonds is 12. The van der Waals surface area contributed by atoms with E-state index in [2.05, 4.69) is 5.32 Å². The molecule has 2 aromatic rings. The lowest BCUT2D eigenvalue weighted by atomic mass is 10.1. The number of sulfonamides is 1. The Morgan fingerprint density at radius 1 is 1.08 bits per heavy atom. The van der Waals surface area contributed by atoms with E-state index in [1.54, 1.807) is 43.3 Å². The van der Waals surface area contributed by atoms with Crippen LogP contribution in [0.15, 0.2) is 48.5 Å². The average Bonchev–Trinajstić information content (AvgIpc) is 2.80. The molecule has 0 saturated heterocycles. The second kappa shape index (κ2) is 12.9. The first-order valence-corrected chi connectivity index (χ1v) is 14.1. The maximum atomic E-state index is 13.4. The largest absolute Gasteiger partial charge is 0.492 e. The quantitative estimate of drug-likeness (QED) is 0.442. The normalized spacial score (nSPS) is 12.5. The second-order valence-electron chi connectivity index (χ2n) is 9.90. The SMILES string of the molecule is CCOc1ccccc1N(CCCC(=O)N(Cc1ccc(F)cc1)C(C)C(=O)NC(C)(C)C)S(C)(=O)=O. The number of nitrogens with zero attached hydrogens (tertiary/aromatic N) is 2. The van der Waals surface area contributed by atoms with Gasteiger partial charge < -0.3 is 15.0 Å². The summed E-state index contributed by atoms with van der Waals surface area (Å²) in [7, 11) is -3.65. The molecule has 0 aromatic heterocycles. The van der Waals surface area contributed by atoms with E-state index in [9.17, 15) is 22.4 Å². The molecule has 204 valence electrons. The molecule has 1 atom stereocenters. The minimum absolute atomic E-state index is 0.0111. The fourth-order valence-corrected chi connectivity index (χ4v) is 4.74. The zero-order valence-electron chi connectivity index (χ0n) is 22.5. The molecule has 2 amide bonds. The van der Waals surface area contributed by atoms with Crippen LogP contribution in [0, 0.1) is 5.82 Å². The van der Waals surface area contributed by atoms with E-state index in [0.717, 1.165) is 6.26 Å². The van der Waals surface area contributed by atoms with Crippen LogP contribution in [0.25, 0.3) is 0 Å². The van der Waals surface area contributed by atoms with Gasteiger partial charge in [-0.05, 0) is 70.9 Å². The van der Waals surface area contributed by atoms with Gasteiger partial charge in [-0.25, -0.2) is 12.8 Å². The van der Waals surface area contributed by atoms with Gasteiger partial charge in [0.1, 0.15) is 17.6 Å². The summed E-state index contributed by atoms with van der Waals surface area (Å²) in [6, 6.07) is 11.8. The third kappa shape index (κ3) is 9.35. The molecule has 1 unspecified atom stereocenters. The van der Waals surface area contributed by atoms with Crippen LogP contribution in [0.2, 0.25) is 0 Å². The number of carbonyl (C=O) groups excluding carboxylic acids is 2. The van der Waals surface area contributed by atoms with Crippen molar-refractivity contribution in [2.24, 2.45) is 0 Å². The summed E-state index contributed by atoms with van der Waals surface area (Å²) in [6.45, 7) is 9.55. The highest BCUT2D eigenvalue weighted by atomic mass is 32.2. The van der Waals surface area contributed by atoms with Crippen molar-refractivity contribution in [3.63, 3.8) is 0 Å². The molecule has 0 aliphatic carbocycles. The van der Waals surface area contributed by atoms with Crippen molar-refractivity contribution in [3.05, 3.63) is 59.9 Å². The van der Waals surface area contributed by atoms with E-state index in [1.807, 2.05) is 27.7 Å². The molecule has 2 aromatic carbocycles. The van der Waals surface area contributed by atoms with E-state index in [0.29, 0.717) is 23.6 Å². The number of halogens is 1. The number of ether oxygens (including phenoxy) is 1. The van der Waals surface area contributed by atoms with Gasteiger partial charge >= 0.3 is 0 Å². The Balaban J connectivity index is 2.22. The molecule has 0 saturated carbocycles. The number of benzene rings is 2. The van der Waals surface area contributed by atoms with Gasteiger partial charge in [0.25, 0.3) is 0 Å². The van der Waals surface area contributed by atoms with Gasteiger partial charge in [-0.1, -0.05) is 24.3 Å². The Kier molecular flexibility index (Phi) is 10.5. The van der Waals surface area contributed by atoms with Crippen LogP contribution in [0.4, 0.5) is 10.1 Å². The molecular formula is C27H38FN3O5S. The third-order valence-corrected chi connectivity index (χ3v) is 6.70. The van der Waals surface area contributed by atoms with Gasteiger partial charge in [-0.15, -0.1) is 0 Å². The van der Waals surface area contributed by atoms with Crippen LogP contribution in [0.1, 0.15) is 53.0 Å². The van der Waals surface area contributed by atoms with Gasteiger partial charge in [-0.3, -0.25) is 13.9 Å². The lowest BCUT2D eigenvalue weighted by molar-refractivity contribution is -0.141. The summed E-state index contributed by atoms with van der Waals surface area (Å²) in [5.41, 5.74) is 0.591. The molecule has 37 heavy (non-hydrogen) atoms. The standard InChI is InChI=1S/C27H38FN3O5S/c1-7-36-24-12-9-8-11-23(24)31(37(6,34)35)18-10-13-25(32)30(19-21-14-16-22(28)17-15-21)20(2)26(33)29-27(3,4)5/h8-9,11-12,14-17,20H,7,10,13,18-19H2,1-6H3,(H,29,33). The van der Waals surface area contributed by atoms with E-state index in [-0.39, 0.29) is 37.7 Å². The van der Waals surface area contributed by atoms with Crippen molar-refractivity contribution in [2.75, 3.05) is 23.7 Å². The molecule has 0 bridgehead atoms. The average molecular weight is 536 g/mol. The molecule has 8 nitrogen and oxygen atoms in total. The summed E-state index contributed by atoms with van der Waals surface area (Å²) >= 11 is 0. The van der Waals surface area contributed by atoms with Crippen LogP contribution < -0.4 is 14.4 Å². The van der Waals surface area contributed by atoms with Crippen molar-refractivity contribution in [3.8, 4) is 5.75 Å². The van der Waals surface area contributed by atoms with Crippen molar-refractivity contribution in [1.29, 1.82) is 0 Å². The molecule has 0 radical (unpaired) electrons. The van der Waals surface area contributed by atoms with Crippen molar-refractivity contribution in [2.45, 2.75) is 65.6 Å². The van der Waals surface area contributed by atoms with E-state index >= 15 is 0 Å². The first-order chi connectivity index (χ1) is 17.2. The van der Waals surface area contributed by atoms with Crippen molar-refractivity contribution in [1.82, 2.24) is 10.2 Å². The minimum Gasteiger partial charge on any atom is -0.492 e. The van der Waals surface area contributed by atoms with Crippen LogP contribution in [-0.2, 0) is 26.2 Å². The second-order valence-corrected chi connectivity index (χ2v) is 11.8. The summed E-state index contributed by atoms with van der Waals surface area (Å²) in [5, 5.41) is 2.89.